The molecule has 0 aromatic carbocycles. The standard InChI is InChI=1S/C11H20N4O/c1-4-8(5-2)7-13-9-6-10(16-3)15-11(12)14-9/h6,8H,4-5,7H2,1-3H3,(H3,12,13,14,15). The molecule has 3 N–H and O–H groups in total. The molecular weight excluding hydrogens is 204 g/mol. The Morgan fingerprint density at radius 1 is 1.38 bits per heavy atom. The zero-order chi connectivity index (χ0) is 12.0. The number of nitrogens with two attached hydrogens (primary N) is 1. The van der Waals surface area contributed by atoms with Gasteiger partial charge in [-0.05, 0) is 5.92 Å². The summed E-state index contributed by atoms with van der Waals surface area (Å²) in [6, 6.07) is 1.75. The van der Waals surface area contributed by atoms with E-state index in [-0.39, 0.29) is 5.95 Å². The van der Waals surface area contributed by atoms with Crippen LogP contribution in [0.1, 0.15) is 26.7 Å². The maximum atomic E-state index is 5.56. The van der Waals surface area contributed by atoms with Gasteiger partial charge in [0.15, 0.2) is 0 Å². The number of nitrogen functional groups attached to an aromatic ring is 1. The van der Waals surface area contributed by atoms with Gasteiger partial charge in [0.2, 0.25) is 11.8 Å². The Kier molecular flexibility index (Phi) is 4.82. The molecule has 0 saturated carbocycles. The SMILES string of the molecule is CCC(CC)CNc1cc(OC)nc(N)n1. The number of rotatable bonds is 6. The summed E-state index contributed by atoms with van der Waals surface area (Å²) in [7, 11) is 1.56. The van der Waals surface area contributed by atoms with Gasteiger partial charge in [-0.25, -0.2) is 0 Å². The highest BCUT2D eigenvalue weighted by atomic mass is 16.5. The van der Waals surface area contributed by atoms with Crippen LogP contribution in [-0.2, 0) is 0 Å². The molecule has 1 aromatic heterocycles. The Morgan fingerprint density at radius 2 is 2.06 bits per heavy atom. The maximum Gasteiger partial charge on any atom is 0.225 e. The van der Waals surface area contributed by atoms with Gasteiger partial charge in [-0.3, -0.25) is 0 Å². The summed E-state index contributed by atoms with van der Waals surface area (Å²) in [4.78, 5) is 8.02. The highest BCUT2D eigenvalue weighted by Crippen LogP contribution is 2.15. The fraction of sp³-hybridized carbons (Fsp3) is 0.636. The fourth-order valence-corrected chi connectivity index (χ4v) is 1.46. The highest BCUT2D eigenvalue weighted by Gasteiger charge is 2.05. The van der Waals surface area contributed by atoms with E-state index in [1.807, 2.05) is 0 Å². The number of nitrogens with one attached hydrogen (secondary N) is 1. The van der Waals surface area contributed by atoms with E-state index in [1.165, 1.54) is 0 Å². The molecule has 0 aliphatic rings. The average Bonchev–Trinajstić information content (AvgIpc) is 2.29. The predicted octanol–water partition coefficient (Wildman–Crippen LogP) is 1.92. The molecule has 5 nitrogen and oxygen atoms in total. The van der Waals surface area contributed by atoms with Gasteiger partial charge < -0.3 is 15.8 Å². The minimum absolute atomic E-state index is 0.228. The Labute approximate surface area is 96.4 Å². The lowest BCUT2D eigenvalue weighted by Crippen LogP contribution is -2.14. The van der Waals surface area contributed by atoms with Crippen molar-refractivity contribution in [3.8, 4) is 5.88 Å². The van der Waals surface area contributed by atoms with E-state index in [1.54, 1.807) is 13.2 Å². The Bertz CT molecular complexity index is 326. The van der Waals surface area contributed by atoms with Crippen molar-refractivity contribution in [2.24, 2.45) is 5.92 Å². The van der Waals surface area contributed by atoms with Gasteiger partial charge in [-0.2, -0.15) is 9.97 Å². The van der Waals surface area contributed by atoms with Gasteiger partial charge in [0, 0.05) is 12.6 Å². The van der Waals surface area contributed by atoms with Crippen molar-refractivity contribution >= 4 is 11.8 Å². The largest absolute Gasteiger partial charge is 0.481 e. The van der Waals surface area contributed by atoms with E-state index in [9.17, 15) is 0 Å². The molecule has 90 valence electrons. The van der Waals surface area contributed by atoms with Crippen LogP contribution in [0.5, 0.6) is 5.88 Å². The van der Waals surface area contributed by atoms with E-state index in [4.69, 9.17) is 10.5 Å². The first-order valence-corrected chi connectivity index (χ1v) is 5.62. The van der Waals surface area contributed by atoms with Crippen molar-refractivity contribution in [3.05, 3.63) is 6.07 Å². The third-order valence-electron chi connectivity index (χ3n) is 2.66. The molecule has 0 bridgehead atoms. The number of nitrogens with zero attached hydrogens (tertiary/aromatic N) is 2. The summed E-state index contributed by atoms with van der Waals surface area (Å²) < 4.78 is 5.02. The van der Waals surface area contributed by atoms with Crippen LogP contribution in [0.2, 0.25) is 0 Å². The second-order valence-corrected chi connectivity index (χ2v) is 3.72. The molecule has 0 saturated heterocycles. The van der Waals surface area contributed by atoms with E-state index < -0.39 is 0 Å². The van der Waals surface area contributed by atoms with Crippen molar-refractivity contribution < 1.29 is 4.74 Å². The van der Waals surface area contributed by atoms with Crippen LogP contribution in [0.4, 0.5) is 11.8 Å². The van der Waals surface area contributed by atoms with Gasteiger partial charge in [-0.1, -0.05) is 26.7 Å². The molecule has 0 radical (unpaired) electrons. The Hall–Kier alpha value is -1.52. The van der Waals surface area contributed by atoms with Crippen LogP contribution in [0.3, 0.4) is 0 Å². The Morgan fingerprint density at radius 3 is 2.62 bits per heavy atom. The van der Waals surface area contributed by atoms with E-state index in [0.717, 1.165) is 25.2 Å². The Balaban J connectivity index is 2.62. The lowest BCUT2D eigenvalue weighted by atomic mass is 10.0. The number of anilines is 2. The second kappa shape index (κ2) is 6.15. The van der Waals surface area contributed by atoms with E-state index >= 15 is 0 Å². The minimum atomic E-state index is 0.228. The molecular formula is C11H20N4O. The lowest BCUT2D eigenvalue weighted by molar-refractivity contribution is 0.398. The number of aromatic nitrogens is 2. The maximum absolute atomic E-state index is 5.56. The van der Waals surface area contributed by atoms with Gasteiger partial charge >= 0.3 is 0 Å². The van der Waals surface area contributed by atoms with E-state index in [2.05, 4.69) is 29.1 Å². The van der Waals surface area contributed by atoms with Gasteiger partial charge in [0.1, 0.15) is 5.82 Å². The van der Waals surface area contributed by atoms with Crippen LogP contribution >= 0.6 is 0 Å². The van der Waals surface area contributed by atoms with Crippen LogP contribution < -0.4 is 15.8 Å². The number of methoxy groups -OCH3 is 1. The molecule has 0 spiro atoms. The molecule has 16 heavy (non-hydrogen) atoms. The highest BCUT2D eigenvalue weighted by molar-refractivity contribution is 5.42. The molecule has 0 atom stereocenters. The summed E-state index contributed by atoms with van der Waals surface area (Å²) in [6.45, 7) is 5.27. The van der Waals surface area contributed by atoms with Crippen molar-refractivity contribution in [2.45, 2.75) is 26.7 Å². The zero-order valence-corrected chi connectivity index (χ0v) is 10.2. The molecule has 0 fully saturated rings. The summed E-state index contributed by atoms with van der Waals surface area (Å²) >= 11 is 0. The fourth-order valence-electron chi connectivity index (χ4n) is 1.46. The minimum Gasteiger partial charge on any atom is -0.481 e. The second-order valence-electron chi connectivity index (χ2n) is 3.72. The van der Waals surface area contributed by atoms with Gasteiger partial charge in [-0.15, -0.1) is 0 Å². The van der Waals surface area contributed by atoms with Crippen LogP contribution in [0.25, 0.3) is 0 Å². The molecule has 0 aliphatic heterocycles. The van der Waals surface area contributed by atoms with Crippen LogP contribution in [0, 0.1) is 5.92 Å². The number of ether oxygens (including phenoxy) is 1. The smallest absolute Gasteiger partial charge is 0.225 e. The first kappa shape index (κ1) is 12.5. The first-order valence-electron chi connectivity index (χ1n) is 5.62. The monoisotopic (exact) mass is 224 g/mol. The van der Waals surface area contributed by atoms with Gasteiger partial charge in [0.05, 0.1) is 7.11 Å². The van der Waals surface area contributed by atoms with Gasteiger partial charge in [0.25, 0.3) is 0 Å². The normalized spacial score (nSPS) is 10.5. The van der Waals surface area contributed by atoms with E-state index in [0.29, 0.717) is 11.8 Å². The molecule has 0 amide bonds. The molecule has 0 unspecified atom stereocenters. The third-order valence-corrected chi connectivity index (χ3v) is 2.66. The predicted molar refractivity (Wildman–Crippen MR) is 65.6 cm³/mol. The summed E-state index contributed by atoms with van der Waals surface area (Å²) in [5.74, 6) is 2.09. The molecule has 5 heteroatoms. The lowest BCUT2D eigenvalue weighted by Gasteiger charge is -2.14. The summed E-state index contributed by atoms with van der Waals surface area (Å²) in [5, 5.41) is 3.25. The van der Waals surface area contributed by atoms with Crippen LogP contribution in [-0.4, -0.2) is 23.6 Å². The molecule has 1 heterocycles. The molecule has 1 rings (SSSR count). The molecule has 1 aromatic rings. The van der Waals surface area contributed by atoms with Crippen molar-refractivity contribution in [3.63, 3.8) is 0 Å². The van der Waals surface area contributed by atoms with Crippen LogP contribution in [0.15, 0.2) is 6.07 Å². The number of hydrogen-bond donors (Lipinski definition) is 2. The third kappa shape index (κ3) is 3.56. The molecule has 0 aliphatic carbocycles. The topological polar surface area (TPSA) is 73.1 Å². The average molecular weight is 224 g/mol. The quantitative estimate of drug-likeness (QED) is 0.772. The number of hydrogen-bond acceptors (Lipinski definition) is 5. The van der Waals surface area contributed by atoms with Crippen molar-refractivity contribution in [2.75, 3.05) is 24.7 Å². The van der Waals surface area contributed by atoms with Crippen molar-refractivity contribution in [1.82, 2.24) is 9.97 Å². The van der Waals surface area contributed by atoms with Crippen molar-refractivity contribution in [1.29, 1.82) is 0 Å². The first-order chi connectivity index (χ1) is 7.69. The summed E-state index contributed by atoms with van der Waals surface area (Å²) in [5.41, 5.74) is 5.56. The zero-order valence-electron chi connectivity index (χ0n) is 10.2. The summed E-state index contributed by atoms with van der Waals surface area (Å²) in [6.07, 6.45) is 2.31.